The third-order valence-corrected chi connectivity index (χ3v) is 3.67. The van der Waals surface area contributed by atoms with Crippen LogP contribution in [0.3, 0.4) is 0 Å². The Morgan fingerprint density at radius 1 is 1.53 bits per heavy atom. The van der Waals surface area contributed by atoms with Gasteiger partial charge in [-0.25, -0.2) is 0 Å². The van der Waals surface area contributed by atoms with Crippen LogP contribution in [-0.2, 0) is 11.3 Å². The molecule has 0 N–H and O–H groups in total. The smallest absolute Gasteiger partial charge is 0.160 e. The highest BCUT2D eigenvalue weighted by molar-refractivity contribution is 7.13. The maximum absolute atomic E-state index is 10.6. The fraction of sp³-hybridized carbons (Fsp3) is 0.545. The van der Waals surface area contributed by atoms with Crippen LogP contribution in [0.2, 0.25) is 0 Å². The molecule has 0 amide bonds. The van der Waals surface area contributed by atoms with E-state index in [-0.39, 0.29) is 0 Å². The van der Waals surface area contributed by atoms with E-state index in [2.05, 4.69) is 11.8 Å². The Morgan fingerprint density at radius 2 is 2.27 bits per heavy atom. The predicted octanol–water partition coefficient (Wildman–Crippen LogP) is 1.70. The molecule has 0 radical (unpaired) electrons. The van der Waals surface area contributed by atoms with Crippen LogP contribution >= 0.6 is 11.3 Å². The zero-order chi connectivity index (χ0) is 10.7. The molecule has 1 saturated heterocycles. The average Bonchev–Trinajstić information content (AvgIpc) is 2.61. The Balaban J connectivity index is 2.02. The van der Waals surface area contributed by atoms with Crippen LogP contribution in [0.25, 0.3) is 0 Å². The Labute approximate surface area is 93.7 Å². The Bertz CT molecular complexity index is 342. The quantitative estimate of drug-likeness (QED) is 0.733. The average molecular weight is 225 g/mol. The summed E-state index contributed by atoms with van der Waals surface area (Å²) in [5.74, 6) is 0. The molecule has 0 atom stereocenters. The normalized spacial score (nSPS) is 17.9. The zero-order valence-corrected chi connectivity index (χ0v) is 9.68. The van der Waals surface area contributed by atoms with Crippen molar-refractivity contribution in [1.82, 2.24) is 4.90 Å². The standard InChI is InChI=1S/C11H15NO2S/c1-9-10(6-11(8-13)15-9)7-12-2-4-14-5-3-12/h6,8H,2-5,7H2,1H3. The summed E-state index contributed by atoms with van der Waals surface area (Å²) < 4.78 is 5.30. The number of hydrogen-bond donors (Lipinski definition) is 0. The number of thiophene rings is 1. The van der Waals surface area contributed by atoms with Gasteiger partial charge in [0, 0.05) is 24.5 Å². The van der Waals surface area contributed by atoms with Crippen LogP contribution in [-0.4, -0.2) is 37.5 Å². The van der Waals surface area contributed by atoms with E-state index in [1.165, 1.54) is 10.4 Å². The molecule has 0 unspecified atom stereocenters. The van der Waals surface area contributed by atoms with Gasteiger partial charge in [-0.2, -0.15) is 0 Å². The van der Waals surface area contributed by atoms with Crippen LogP contribution in [0.5, 0.6) is 0 Å². The minimum atomic E-state index is 0.823. The maximum atomic E-state index is 10.6. The van der Waals surface area contributed by atoms with Gasteiger partial charge in [0.05, 0.1) is 18.1 Å². The lowest BCUT2D eigenvalue weighted by Crippen LogP contribution is -2.35. The number of hydrogen-bond acceptors (Lipinski definition) is 4. The van der Waals surface area contributed by atoms with Gasteiger partial charge in [0.2, 0.25) is 0 Å². The van der Waals surface area contributed by atoms with Gasteiger partial charge >= 0.3 is 0 Å². The number of nitrogens with zero attached hydrogens (tertiary/aromatic N) is 1. The van der Waals surface area contributed by atoms with E-state index in [1.807, 2.05) is 6.07 Å². The Kier molecular flexibility index (Phi) is 3.51. The lowest BCUT2D eigenvalue weighted by molar-refractivity contribution is 0.0341. The van der Waals surface area contributed by atoms with Crippen LogP contribution in [0.15, 0.2) is 6.07 Å². The van der Waals surface area contributed by atoms with Gasteiger partial charge < -0.3 is 4.74 Å². The highest BCUT2D eigenvalue weighted by Crippen LogP contribution is 2.21. The number of morpholine rings is 1. The van der Waals surface area contributed by atoms with E-state index >= 15 is 0 Å². The first-order valence-corrected chi connectivity index (χ1v) is 5.96. The van der Waals surface area contributed by atoms with Gasteiger partial charge in [-0.05, 0) is 18.6 Å². The van der Waals surface area contributed by atoms with Crippen molar-refractivity contribution in [3.05, 3.63) is 21.4 Å². The molecular formula is C11H15NO2S. The van der Waals surface area contributed by atoms with Crippen molar-refractivity contribution < 1.29 is 9.53 Å². The highest BCUT2D eigenvalue weighted by atomic mass is 32.1. The molecule has 4 heteroatoms. The number of carbonyl (C=O) groups is 1. The van der Waals surface area contributed by atoms with Crippen molar-refractivity contribution in [2.45, 2.75) is 13.5 Å². The zero-order valence-electron chi connectivity index (χ0n) is 8.86. The first-order chi connectivity index (χ1) is 7.29. The summed E-state index contributed by atoms with van der Waals surface area (Å²) in [5, 5.41) is 0. The van der Waals surface area contributed by atoms with Crippen LogP contribution in [0.4, 0.5) is 0 Å². The predicted molar refractivity (Wildman–Crippen MR) is 60.5 cm³/mol. The molecule has 82 valence electrons. The molecule has 1 aliphatic rings. The van der Waals surface area contributed by atoms with Crippen molar-refractivity contribution in [2.24, 2.45) is 0 Å². The molecular weight excluding hydrogens is 210 g/mol. The summed E-state index contributed by atoms with van der Waals surface area (Å²) in [5.41, 5.74) is 1.28. The summed E-state index contributed by atoms with van der Waals surface area (Å²) in [4.78, 5) is 15.1. The second-order valence-corrected chi connectivity index (χ2v) is 5.02. The molecule has 0 saturated carbocycles. The fourth-order valence-corrected chi connectivity index (χ4v) is 2.62. The molecule has 0 spiro atoms. The van der Waals surface area contributed by atoms with E-state index in [9.17, 15) is 4.79 Å². The monoisotopic (exact) mass is 225 g/mol. The van der Waals surface area contributed by atoms with Gasteiger partial charge in [-0.15, -0.1) is 11.3 Å². The third-order valence-electron chi connectivity index (χ3n) is 2.65. The van der Waals surface area contributed by atoms with Crippen LogP contribution < -0.4 is 0 Å². The molecule has 0 aliphatic carbocycles. The van der Waals surface area contributed by atoms with Crippen LogP contribution in [0, 0.1) is 6.92 Å². The Morgan fingerprint density at radius 3 is 2.87 bits per heavy atom. The number of rotatable bonds is 3. The first kappa shape index (κ1) is 10.8. The van der Waals surface area contributed by atoms with Crippen molar-refractivity contribution in [1.29, 1.82) is 0 Å². The van der Waals surface area contributed by atoms with E-state index in [0.29, 0.717) is 0 Å². The largest absolute Gasteiger partial charge is 0.379 e. The minimum absolute atomic E-state index is 0.823. The van der Waals surface area contributed by atoms with Crippen molar-refractivity contribution in [3.8, 4) is 0 Å². The molecule has 1 aromatic heterocycles. The van der Waals surface area contributed by atoms with Crippen molar-refractivity contribution >= 4 is 17.6 Å². The van der Waals surface area contributed by atoms with Crippen molar-refractivity contribution in [3.63, 3.8) is 0 Å². The molecule has 1 aromatic rings. The minimum Gasteiger partial charge on any atom is -0.379 e. The lowest BCUT2D eigenvalue weighted by Gasteiger charge is -2.26. The molecule has 0 aromatic carbocycles. The van der Waals surface area contributed by atoms with Gasteiger partial charge in [0.15, 0.2) is 6.29 Å². The summed E-state index contributed by atoms with van der Waals surface area (Å²) in [7, 11) is 0. The fourth-order valence-electron chi connectivity index (χ4n) is 1.76. The first-order valence-electron chi connectivity index (χ1n) is 5.14. The second kappa shape index (κ2) is 4.88. The number of carbonyl (C=O) groups excluding carboxylic acids is 1. The molecule has 1 aliphatic heterocycles. The second-order valence-electron chi connectivity index (χ2n) is 3.74. The Hall–Kier alpha value is -0.710. The van der Waals surface area contributed by atoms with E-state index in [0.717, 1.165) is 44.0 Å². The number of aryl methyl sites for hydroxylation is 1. The number of aldehydes is 1. The maximum Gasteiger partial charge on any atom is 0.160 e. The molecule has 3 nitrogen and oxygen atoms in total. The molecule has 2 heterocycles. The number of ether oxygens (including phenoxy) is 1. The van der Waals surface area contributed by atoms with Gasteiger partial charge in [0.1, 0.15) is 0 Å². The van der Waals surface area contributed by atoms with E-state index < -0.39 is 0 Å². The van der Waals surface area contributed by atoms with E-state index in [1.54, 1.807) is 11.3 Å². The van der Waals surface area contributed by atoms with Crippen LogP contribution in [0.1, 0.15) is 20.1 Å². The SMILES string of the molecule is Cc1sc(C=O)cc1CN1CCOCC1. The van der Waals surface area contributed by atoms with Gasteiger partial charge in [-0.3, -0.25) is 9.69 Å². The van der Waals surface area contributed by atoms with Gasteiger partial charge in [0.25, 0.3) is 0 Å². The molecule has 1 fully saturated rings. The molecule has 0 bridgehead atoms. The summed E-state index contributed by atoms with van der Waals surface area (Å²) in [6, 6.07) is 2.00. The molecule has 2 rings (SSSR count). The van der Waals surface area contributed by atoms with E-state index in [4.69, 9.17) is 4.74 Å². The molecule has 15 heavy (non-hydrogen) atoms. The summed E-state index contributed by atoms with van der Waals surface area (Å²) >= 11 is 1.58. The van der Waals surface area contributed by atoms with Gasteiger partial charge in [-0.1, -0.05) is 0 Å². The van der Waals surface area contributed by atoms with Crippen molar-refractivity contribution in [2.75, 3.05) is 26.3 Å². The lowest BCUT2D eigenvalue weighted by atomic mass is 10.2. The topological polar surface area (TPSA) is 29.5 Å². The summed E-state index contributed by atoms with van der Waals surface area (Å²) in [6.07, 6.45) is 0.931. The third kappa shape index (κ3) is 2.65. The highest BCUT2D eigenvalue weighted by Gasteiger charge is 2.13. The summed E-state index contributed by atoms with van der Waals surface area (Å²) in [6.45, 7) is 6.65.